The van der Waals surface area contributed by atoms with Crippen molar-refractivity contribution in [2.45, 2.75) is 19.9 Å². The minimum absolute atomic E-state index is 0.0373. The Morgan fingerprint density at radius 2 is 2.24 bits per heavy atom. The van der Waals surface area contributed by atoms with Gasteiger partial charge >= 0.3 is 0 Å². The molecule has 2 aromatic heterocycles. The molecule has 88 valence electrons. The summed E-state index contributed by atoms with van der Waals surface area (Å²) in [7, 11) is 0. The lowest BCUT2D eigenvalue weighted by molar-refractivity contribution is 0.790. The maximum atomic E-state index is 6.06. The summed E-state index contributed by atoms with van der Waals surface area (Å²) in [5, 5.41) is 0.770. The molecule has 5 heteroatoms. The van der Waals surface area contributed by atoms with Gasteiger partial charge < -0.3 is 5.73 Å². The van der Waals surface area contributed by atoms with Crippen molar-refractivity contribution in [1.29, 1.82) is 0 Å². The number of aromatic nitrogens is 2. The van der Waals surface area contributed by atoms with Gasteiger partial charge in [0.25, 0.3) is 0 Å². The molecule has 1 aromatic carbocycles. The number of aryl methyl sites for hydroxylation is 1. The zero-order chi connectivity index (χ0) is 12.2. The second-order valence-corrected chi connectivity index (χ2v) is 5.72. The molecule has 2 N–H and O–H groups in total. The van der Waals surface area contributed by atoms with Gasteiger partial charge in [-0.2, -0.15) is 0 Å². The summed E-state index contributed by atoms with van der Waals surface area (Å²) in [5.74, 6) is 0. The van der Waals surface area contributed by atoms with Gasteiger partial charge in [-0.3, -0.25) is 4.40 Å². The summed E-state index contributed by atoms with van der Waals surface area (Å²) in [6.07, 6.45) is 2.01. The third-order valence-corrected chi connectivity index (χ3v) is 4.05. The Morgan fingerprint density at radius 1 is 1.47 bits per heavy atom. The maximum Gasteiger partial charge on any atom is 0.195 e. The average molecular weight is 266 g/mol. The number of rotatable bonds is 1. The minimum atomic E-state index is -0.0373. The van der Waals surface area contributed by atoms with Gasteiger partial charge in [0.05, 0.1) is 15.9 Å². The van der Waals surface area contributed by atoms with E-state index in [9.17, 15) is 0 Å². The third-order valence-electron chi connectivity index (χ3n) is 2.83. The summed E-state index contributed by atoms with van der Waals surface area (Å²) in [4.78, 5) is 5.50. The highest BCUT2D eigenvalue weighted by Gasteiger charge is 2.13. The first kappa shape index (κ1) is 11.0. The van der Waals surface area contributed by atoms with Crippen molar-refractivity contribution in [1.82, 2.24) is 9.38 Å². The SMILES string of the molecule is Cc1cc(Cl)cc2sc3nc(C(C)N)cn3c12. The molecular formula is C12H12ClN3S. The summed E-state index contributed by atoms with van der Waals surface area (Å²) < 4.78 is 3.26. The molecule has 0 saturated carbocycles. The molecule has 17 heavy (non-hydrogen) atoms. The van der Waals surface area contributed by atoms with E-state index < -0.39 is 0 Å². The lowest BCUT2D eigenvalue weighted by Gasteiger charge is -1.99. The fourth-order valence-corrected chi connectivity index (χ4v) is 3.49. The van der Waals surface area contributed by atoms with Gasteiger partial charge in [0.2, 0.25) is 0 Å². The van der Waals surface area contributed by atoms with Crippen LogP contribution in [0, 0.1) is 6.92 Å². The van der Waals surface area contributed by atoms with Crippen molar-refractivity contribution in [3.8, 4) is 0 Å². The van der Waals surface area contributed by atoms with Gasteiger partial charge in [-0.15, -0.1) is 0 Å². The van der Waals surface area contributed by atoms with Crippen molar-refractivity contribution in [3.63, 3.8) is 0 Å². The molecule has 0 bridgehead atoms. The largest absolute Gasteiger partial charge is 0.323 e. The molecule has 1 unspecified atom stereocenters. The number of nitrogens with zero attached hydrogens (tertiary/aromatic N) is 2. The number of imidazole rings is 1. The van der Waals surface area contributed by atoms with E-state index in [0.29, 0.717) is 0 Å². The number of nitrogens with two attached hydrogens (primary N) is 1. The molecule has 0 amide bonds. The summed E-state index contributed by atoms with van der Waals surface area (Å²) >= 11 is 7.70. The predicted molar refractivity (Wildman–Crippen MR) is 72.9 cm³/mol. The van der Waals surface area contributed by atoms with Crippen molar-refractivity contribution >= 4 is 38.1 Å². The topological polar surface area (TPSA) is 43.3 Å². The molecule has 0 fully saturated rings. The van der Waals surface area contributed by atoms with Crippen molar-refractivity contribution in [3.05, 3.63) is 34.6 Å². The van der Waals surface area contributed by atoms with Gasteiger partial charge in [-0.25, -0.2) is 4.98 Å². The van der Waals surface area contributed by atoms with Crippen LogP contribution in [0.1, 0.15) is 24.2 Å². The van der Waals surface area contributed by atoms with Crippen molar-refractivity contribution in [2.24, 2.45) is 5.73 Å². The van der Waals surface area contributed by atoms with Gasteiger partial charge in [0, 0.05) is 17.3 Å². The Morgan fingerprint density at radius 3 is 2.94 bits per heavy atom. The first-order valence-corrected chi connectivity index (χ1v) is 6.59. The monoisotopic (exact) mass is 265 g/mol. The number of hydrogen-bond donors (Lipinski definition) is 1. The zero-order valence-electron chi connectivity index (χ0n) is 9.57. The van der Waals surface area contributed by atoms with E-state index in [4.69, 9.17) is 17.3 Å². The highest BCUT2D eigenvalue weighted by Crippen LogP contribution is 2.32. The van der Waals surface area contributed by atoms with Crippen molar-refractivity contribution < 1.29 is 0 Å². The lowest BCUT2D eigenvalue weighted by atomic mass is 10.2. The van der Waals surface area contributed by atoms with Crippen LogP contribution in [-0.4, -0.2) is 9.38 Å². The fourth-order valence-electron chi connectivity index (χ4n) is 2.02. The lowest BCUT2D eigenvalue weighted by Crippen LogP contribution is -2.04. The van der Waals surface area contributed by atoms with E-state index in [-0.39, 0.29) is 6.04 Å². The van der Waals surface area contributed by atoms with Crippen LogP contribution in [0.5, 0.6) is 0 Å². The Hall–Kier alpha value is -1.10. The minimum Gasteiger partial charge on any atom is -0.323 e. The van der Waals surface area contributed by atoms with Crippen LogP contribution in [-0.2, 0) is 0 Å². The maximum absolute atomic E-state index is 6.06. The van der Waals surface area contributed by atoms with Crippen LogP contribution < -0.4 is 5.73 Å². The molecule has 0 radical (unpaired) electrons. The standard InChI is InChI=1S/C12H12ClN3S/c1-6-3-8(13)4-10-11(6)16-5-9(7(2)14)15-12(16)17-10/h3-5,7H,14H2,1-2H3. The molecule has 1 atom stereocenters. The van der Waals surface area contributed by atoms with Gasteiger partial charge in [-0.05, 0) is 31.5 Å². The molecule has 0 aliphatic carbocycles. The normalized spacial score (nSPS) is 13.6. The van der Waals surface area contributed by atoms with E-state index in [0.717, 1.165) is 25.9 Å². The van der Waals surface area contributed by atoms with Crippen molar-refractivity contribution in [2.75, 3.05) is 0 Å². The molecule has 2 heterocycles. The molecule has 0 aliphatic heterocycles. The molecule has 3 nitrogen and oxygen atoms in total. The molecule has 0 saturated heterocycles. The number of hydrogen-bond acceptors (Lipinski definition) is 3. The highest BCUT2D eigenvalue weighted by atomic mass is 35.5. The van der Waals surface area contributed by atoms with E-state index in [1.165, 1.54) is 5.52 Å². The predicted octanol–water partition coefficient (Wildman–Crippen LogP) is 3.53. The van der Waals surface area contributed by atoms with E-state index >= 15 is 0 Å². The molecular weight excluding hydrogens is 254 g/mol. The third kappa shape index (κ3) is 1.64. The zero-order valence-corrected chi connectivity index (χ0v) is 11.1. The average Bonchev–Trinajstić information content (AvgIpc) is 2.72. The second-order valence-electron chi connectivity index (χ2n) is 4.28. The Kier molecular flexibility index (Phi) is 2.40. The Balaban J connectivity index is 2.40. The Labute approximate surface area is 108 Å². The van der Waals surface area contributed by atoms with Crippen LogP contribution >= 0.6 is 22.9 Å². The first-order chi connectivity index (χ1) is 8.06. The van der Waals surface area contributed by atoms with Crippen LogP contribution in [0.3, 0.4) is 0 Å². The van der Waals surface area contributed by atoms with Crippen LogP contribution in [0.15, 0.2) is 18.3 Å². The number of benzene rings is 1. The second kappa shape index (κ2) is 3.70. The smallest absolute Gasteiger partial charge is 0.195 e. The molecule has 0 aliphatic rings. The number of halogens is 1. The van der Waals surface area contributed by atoms with E-state index in [1.807, 2.05) is 25.3 Å². The van der Waals surface area contributed by atoms with Gasteiger partial charge in [-0.1, -0.05) is 22.9 Å². The fraction of sp³-hybridized carbons (Fsp3) is 0.250. The van der Waals surface area contributed by atoms with E-state index in [1.54, 1.807) is 11.3 Å². The summed E-state index contributed by atoms with van der Waals surface area (Å²) in [6, 6.07) is 3.92. The highest BCUT2D eigenvalue weighted by molar-refractivity contribution is 7.23. The van der Waals surface area contributed by atoms with Gasteiger partial charge in [0.15, 0.2) is 4.96 Å². The van der Waals surface area contributed by atoms with Crippen LogP contribution in [0.4, 0.5) is 0 Å². The number of thiazole rings is 1. The molecule has 0 spiro atoms. The first-order valence-electron chi connectivity index (χ1n) is 5.39. The van der Waals surface area contributed by atoms with Crippen LogP contribution in [0.25, 0.3) is 15.2 Å². The van der Waals surface area contributed by atoms with Gasteiger partial charge in [0.1, 0.15) is 0 Å². The Bertz CT molecular complexity index is 711. The summed E-state index contributed by atoms with van der Waals surface area (Å²) in [5.41, 5.74) is 9.11. The molecule has 3 aromatic rings. The van der Waals surface area contributed by atoms with Crippen LogP contribution in [0.2, 0.25) is 5.02 Å². The van der Waals surface area contributed by atoms with E-state index in [2.05, 4.69) is 16.3 Å². The molecule has 3 rings (SSSR count). The quantitative estimate of drug-likeness (QED) is 0.731. The summed E-state index contributed by atoms with van der Waals surface area (Å²) in [6.45, 7) is 4.00. The number of fused-ring (bicyclic) bond motifs is 3.